The number of carbonyl (C=O) groups excluding carboxylic acids is 1. The van der Waals surface area contributed by atoms with Gasteiger partial charge in [-0.1, -0.05) is 23.4 Å². The van der Waals surface area contributed by atoms with Gasteiger partial charge in [0.25, 0.3) is 5.89 Å². The number of benzene rings is 1. The largest absolute Gasteiger partial charge is 0.456 e. The van der Waals surface area contributed by atoms with Crippen molar-refractivity contribution in [3.63, 3.8) is 0 Å². The molecule has 0 amide bonds. The molecule has 0 saturated carbocycles. The minimum Gasteiger partial charge on any atom is -0.456 e. The molecule has 2 aromatic rings. The molecule has 2 rings (SSSR count). The maximum Gasteiger partial charge on any atom is 0.306 e. The van der Waals surface area contributed by atoms with Crippen LogP contribution in [0.2, 0.25) is 0 Å². The molecule has 1 heterocycles. The Balaban J connectivity index is 1.77. The summed E-state index contributed by atoms with van der Waals surface area (Å²) in [5, 5.41) is 3.57. The lowest BCUT2D eigenvalue weighted by molar-refractivity contribution is -0.145. The fraction of sp³-hybridized carbons (Fsp3) is 0.308. The molecule has 0 radical (unpaired) electrons. The van der Waals surface area contributed by atoms with E-state index in [9.17, 15) is 9.18 Å². The monoisotopic (exact) mass is 264 g/mol. The van der Waals surface area contributed by atoms with Crippen LogP contribution in [0.3, 0.4) is 0 Å². The molecule has 0 fully saturated rings. The SMILES string of the molecule is Cc1noc(COC(=O)CCc2ccccc2F)n1. The first-order valence-electron chi connectivity index (χ1n) is 5.83. The first-order valence-corrected chi connectivity index (χ1v) is 5.83. The third kappa shape index (κ3) is 3.87. The highest BCUT2D eigenvalue weighted by Crippen LogP contribution is 2.09. The van der Waals surface area contributed by atoms with Crippen molar-refractivity contribution in [3.05, 3.63) is 47.4 Å². The molecule has 0 spiro atoms. The van der Waals surface area contributed by atoms with E-state index in [-0.39, 0.29) is 24.7 Å². The number of aromatic nitrogens is 2. The minimum atomic E-state index is -0.431. The number of halogens is 1. The zero-order chi connectivity index (χ0) is 13.7. The fourth-order valence-corrected chi connectivity index (χ4v) is 1.55. The summed E-state index contributed by atoms with van der Waals surface area (Å²) in [7, 11) is 0. The molecule has 6 heteroatoms. The van der Waals surface area contributed by atoms with Crippen LogP contribution in [0.1, 0.15) is 23.7 Å². The van der Waals surface area contributed by atoms with Crippen LogP contribution in [-0.2, 0) is 22.6 Å². The zero-order valence-corrected chi connectivity index (χ0v) is 10.4. The van der Waals surface area contributed by atoms with Crippen molar-refractivity contribution in [2.45, 2.75) is 26.4 Å². The first-order chi connectivity index (χ1) is 9.15. The van der Waals surface area contributed by atoms with Crippen molar-refractivity contribution < 1.29 is 18.4 Å². The van der Waals surface area contributed by atoms with E-state index in [1.54, 1.807) is 25.1 Å². The molecule has 0 saturated heterocycles. The Labute approximate surface area is 109 Å². The van der Waals surface area contributed by atoms with Gasteiger partial charge in [0.1, 0.15) is 5.82 Å². The molecule has 0 aliphatic carbocycles. The number of aryl methyl sites for hydroxylation is 2. The van der Waals surface area contributed by atoms with Gasteiger partial charge in [-0.15, -0.1) is 0 Å². The van der Waals surface area contributed by atoms with E-state index in [1.165, 1.54) is 6.07 Å². The quantitative estimate of drug-likeness (QED) is 0.774. The summed E-state index contributed by atoms with van der Waals surface area (Å²) in [6.07, 6.45) is 0.405. The Bertz CT molecular complexity index is 569. The number of esters is 1. The van der Waals surface area contributed by atoms with E-state index in [2.05, 4.69) is 10.1 Å². The number of carbonyl (C=O) groups is 1. The number of ether oxygens (including phenoxy) is 1. The lowest BCUT2D eigenvalue weighted by Crippen LogP contribution is -2.06. The molecule has 0 atom stereocenters. The highest BCUT2D eigenvalue weighted by Gasteiger charge is 2.09. The molecule has 1 aromatic heterocycles. The Kier molecular flexibility index (Phi) is 4.22. The van der Waals surface area contributed by atoms with Crippen LogP contribution in [-0.4, -0.2) is 16.1 Å². The molecule has 0 N–H and O–H groups in total. The van der Waals surface area contributed by atoms with Crippen molar-refractivity contribution in [2.24, 2.45) is 0 Å². The standard InChI is InChI=1S/C13H13FN2O3/c1-9-15-12(19-16-9)8-18-13(17)7-6-10-4-2-3-5-11(10)14/h2-5H,6-8H2,1H3. The van der Waals surface area contributed by atoms with Gasteiger partial charge in [0, 0.05) is 6.42 Å². The third-order valence-corrected chi connectivity index (χ3v) is 2.48. The normalized spacial score (nSPS) is 10.4. The van der Waals surface area contributed by atoms with Gasteiger partial charge in [0.05, 0.1) is 0 Å². The average Bonchev–Trinajstić information content (AvgIpc) is 2.81. The molecule has 100 valence electrons. The molecular formula is C13H13FN2O3. The molecular weight excluding hydrogens is 251 g/mol. The van der Waals surface area contributed by atoms with Gasteiger partial charge in [-0.2, -0.15) is 4.98 Å². The van der Waals surface area contributed by atoms with Crippen molar-refractivity contribution in [2.75, 3.05) is 0 Å². The molecule has 0 aliphatic heterocycles. The first kappa shape index (κ1) is 13.2. The van der Waals surface area contributed by atoms with E-state index >= 15 is 0 Å². The van der Waals surface area contributed by atoms with Gasteiger partial charge in [0.2, 0.25) is 0 Å². The zero-order valence-electron chi connectivity index (χ0n) is 10.4. The molecule has 0 bridgehead atoms. The summed E-state index contributed by atoms with van der Waals surface area (Å²) in [4.78, 5) is 15.4. The van der Waals surface area contributed by atoms with Crippen molar-refractivity contribution in [1.29, 1.82) is 0 Å². The number of hydrogen-bond acceptors (Lipinski definition) is 5. The lowest BCUT2D eigenvalue weighted by Gasteiger charge is -2.03. The third-order valence-electron chi connectivity index (χ3n) is 2.48. The summed E-state index contributed by atoms with van der Waals surface area (Å²) in [6, 6.07) is 6.34. The molecule has 0 unspecified atom stereocenters. The summed E-state index contributed by atoms with van der Waals surface area (Å²) in [6.45, 7) is 1.62. The van der Waals surface area contributed by atoms with E-state index < -0.39 is 5.97 Å². The molecule has 0 aliphatic rings. The summed E-state index contributed by atoms with van der Waals surface area (Å²) in [5.41, 5.74) is 0.494. The van der Waals surface area contributed by atoms with Crippen LogP contribution in [0.4, 0.5) is 4.39 Å². The Hall–Kier alpha value is -2.24. The van der Waals surface area contributed by atoms with E-state index in [1.807, 2.05) is 0 Å². The van der Waals surface area contributed by atoms with E-state index in [0.29, 0.717) is 17.8 Å². The van der Waals surface area contributed by atoms with Crippen LogP contribution in [0.25, 0.3) is 0 Å². The highest BCUT2D eigenvalue weighted by atomic mass is 19.1. The van der Waals surface area contributed by atoms with Gasteiger partial charge in [-0.3, -0.25) is 4.79 Å². The van der Waals surface area contributed by atoms with E-state index in [0.717, 1.165) is 0 Å². The predicted molar refractivity (Wildman–Crippen MR) is 63.6 cm³/mol. The highest BCUT2D eigenvalue weighted by molar-refractivity contribution is 5.69. The van der Waals surface area contributed by atoms with Crippen LogP contribution in [0.5, 0.6) is 0 Å². The van der Waals surface area contributed by atoms with Crippen molar-refractivity contribution in [1.82, 2.24) is 10.1 Å². The van der Waals surface area contributed by atoms with Gasteiger partial charge >= 0.3 is 5.97 Å². The molecule has 5 nitrogen and oxygen atoms in total. The lowest BCUT2D eigenvalue weighted by atomic mass is 10.1. The number of nitrogens with zero attached hydrogens (tertiary/aromatic N) is 2. The predicted octanol–water partition coefficient (Wildman–Crippen LogP) is 2.19. The van der Waals surface area contributed by atoms with Gasteiger partial charge in [0.15, 0.2) is 12.4 Å². The van der Waals surface area contributed by atoms with E-state index in [4.69, 9.17) is 9.26 Å². The smallest absolute Gasteiger partial charge is 0.306 e. The number of hydrogen-bond donors (Lipinski definition) is 0. The fourth-order valence-electron chi connectivity index (χ4n) is 1.55. The number of rotatable bonds is 5. The Morgan fingerprint density at radius 3 is 2.89 bits per heavy atom. The maximum absolute atomic E-state index is 13.3. The van der Waals surface area contributed by atoms with Gasteiger partial charge < -0.3 is 9.26 Å². The maximum atomic E-state index is 13.3. The van der Waals surface area contributed by atoms with Gasteiger partial charge in [-0.25, -0.2) is 4.39 Å². The summed E-state index contributed by atoms with van der Waals surface area (Å²) < 4.78 is 23.1. The second kappa shape index (κ2) is 6.08. The summed E-state index contributed by atoms with van der Waals surface area (Å²) in [5.74, 6) is -0.0175. The second-order valence-electron chi connectivity index (χ2n) is 3.99. The second-order valence-corrected chi connectivity index (χ2v) is 3.99. The van der Waals surface area contributed by atoms with Crippen LogP contribution >= 0.6 is 0 Å². The van der Waals surface area contributed by atoms with Crippen LogP contribution in [0, 0.1) is 12.7 Å². The van der Waals surface area contributed by atoms with Crippen LogP contribution < -0.4 is 0 Å². The Morgan fingerprint density at radius 2 is 2.21 bits per heavy atom. The topological polar surface area (TPSA) is 65.2 Å². The molecule has 19 heavy (non-hydrogen) atoms. The summed E-state index contributed by atoms with van der Waals surface area (Å²) >= 11 is 0. The average molecular weight is 264 g/mol. The van der Waals surface area contributed by atoms with Gasteiger partial charge in [-0.05, 0) is 25.0 Å². The van der Waals surface area contributed by atoms with Crippen molar-refractivity contribution >= 4 is 5.97 Å². The van der Waals surface area contributed by atoms with Crippen molar-refractivity contribution in [3.8, 4) is 0 Å². The Morgan fingerprint density at radius 1 is 1.42 bits per heavy atom. The molecule has 1 aromatic carbocycles. The minimum absolute atomic E-state index is 0.0586. The van der Waals surface area contributed by atoms with Crippen LogP contribution in [0.15, 0.2) is 28.8 Å².